The Balaban J connectivity index is 2.00. The summed E-state index contributed by atoms with van der Waals surface area (Å²) in [7, 11) is 1.41. The zero-order chi connectivity index (χ0) is 13.8. The van der Waals surface area contributed by atoms with E-state index in [1.54, 1.807) is 6.07 Å². The summed E-state index contributed by atoms with van der Waals surface area (Å²) < 4.78 is 19.3. The van der Waals surface area contributed by atoms with Crippen molar-refractivity contribution < 1.29 is 13.9 Å². The molecule has 0 aromatic heterocycles. The third-order valence-corrected chi connectivity index (χ3v) is 3.94. The van der Waals surface area contributed by atoms with Crippen LogP contribution in [0.1, 0.15) is 18.4 Å². The first kappa shape index (κ1) is 14.5. The van der Waals surface area contributed by atoms with E-state index in [0.29, 0.717) is 18.7 Å². The highest BCUT2D eigenvalue weighted by Crippen LogP contribution is 2.22. The summed E-state index contributed by atoms with van der Waals surface area (Å²) in [4.78, 5) is 13.7. The van der Waals surface area contributed by atoms with Crippen molar-refractivity contribution in [2.75, 3.05) is 20.2 Å². The van der Waals surface area contributed by atoms with Crippen molar-refractivity contribution in [1.29, 1.82) is 0 Å². The van der Waals surface area contributed by atoms with Gasteiger partial charge < -0.3 is 4.74 Å². The van der Waals surface area contributed by atoms with Crippen LogP contribution in [0.3, 0.4) is 0 Å². The van der Waals surface area contributed by atoms with Gasteiger partial charge in [-0.25, -0.2) is 4.39 Å². The molecule has 1 heterocycles. The lowest BCUT2D eigenvalue weighted by Gasteiger charge is -2.31. The molecular formula is C14H17BrFNO2. The minimum atomic E-state index is -0.213. The maximum atomic E-state index is 13.8. The second kappa shape index (κ2) is 6.48. The number of benzene rings is 1. The van der Waals surface area contributed by atoms with Gasteiger partial charge in [0.25, 0.3) is 0 Å². The molecule has 0 radical (unpaired) electrons. The normalized spacial score (nSPS) is 20.3. The van der Waals surface area contributed by atoms with E-state index in [2.05, 4.69) is 20.8 Å². The zero-order valence-corrected chi connectivity index (χ0v) is 12.5. The first-order chi connectivity index (χ1) is 9.10. The largest absolute Gasteiger partial charge is 0.469 e. The van der Waals surface area contributed by atoms with Gasteiger partial charge in [0.15, 0.2) is 0 Å². The molecule has 1 saturated heterocycles. The Bertz CT molecular complexity index is 467. The van der Waals surface area contributed by atoms with Crippen LogP contribution in [0.15, 0.2) is 22.7 Å². The molecule has 0 saturated carbocycles. The van der Waals surface area contributed by atoms with E-state index in [4.69, 9.17) is 4.74 Å². The van der Waals surface area contributed by atoms with Crippen LogP contribution in [0.5, 0.6) is 0 Å². The number of hydrogen-bond acceptors (Lipinski definition) is 3. The van der Waals surface area contributed by atoms with Crippen LogP contribution in [0.25, 0.3) is 0 Å². The molecule has 0 amide bonds. The van der Waals surface area contributed by atoms with Crippen molar-refractivity contribution in [1.82, 2.24) is 4.90 Å². The Morgan fingerprint density at radius 2 is 2.37 bits per heavy atom. The van der Waals surface area contributed by atoms with Gasteiger partial charge in [0.2, 0.25) is 0 Å². The molecular weight excluding hydrogens is 313 g/mol. The first-order valence-corrected chi connectivity index (χ1v) is 7.13. The van der Waals surface area contributed by atoms with Gasteiger partial charge in [0.05, 0.1) is 13.0 Å². The number of nitrogens with zero attached hydrogens (tertiary/aromatic N) is 1. The molecule has 1 fully saturated rings. The number of carbonyl (C=O) groups is 1. The maximum Gasteiger partial charge on any atom is 0.309 e. The van der Waals surface area contributed by atoms with Crippen LogP contribution in [0, 0.1) is 11.7 Å². The fraction of sp³-hybridized carbons (Fsp3) is 0.500. The van der Waals surface area contributed by atoms with Gasteiger partial charge in [-0.15, -0.1) is 0 Å². The van der Waals surface area contributed by atoms with E-state index < -0.39 is 0 Å². The minimum absolute atomic E-state index is 0.0859. The summed E-state index contributed by atoms with van der Waals surface area (Å²) in [6.07, 6.45) is 1.80. The first-order valence-electron chi connectivity index (χ1n) is 6.34. The smallest absolute Gasteiger partial charge is 0.309 e. The Morgan fingerprint density at radius 3 is 3.05 bits per heavy atom. The number of methoxy groups -OCH3 is 1. The van der Waals surface area contributed by atoms with Crippen LogP contribution >= 0.6 is 15.9 Å². The molecule has 1 aromatic carbocycles. The summed E-state index contributed by atoms with van der Waals surface area (Å²) in [5.74, 6) is -0.465. The Kier molecular flexibility index (Phi) is 4.93. The average molecular weight is 330 g/mol. The fourth-order valence-electron chi connectivity index (χ4n) is 2.45. The Labute approximate surface area is 120 Å². The lowest BCUT2D eigenvalue weighted by molar-refractivity contribution is -0.147. The molecule has 0 aliphatic carbocycles. The number of ether oxygens (including phenoxy) is 1. The molecule has 0 unspecified atom stereocenters. The molecule has 2 rings (SSSR count). The third-order valence-electron chi connectivity index (χ3n) is 3.45. The Morgan fingerprint density at radius 1 is 1.58 bits per heavy atom. The number of esters is 1. The lowest BCUT2D eigenvalue weighted by atomic mass is 9.98. The molecule has 1 aromatic rings. The van der Waals surface area contributed by atoms with Gasteiger partial charge in [-0.05, 0) is 31.5 Å². The van der Waals surface area contributed by atoms with Crippen LogP contribution in [-0.4, -0.2) is 31.1 Å². The number of likely N-dealkylation sites (tertiary alicyclic amines) is 1. The lowest BCUT2D eigenvalue weighted by Crippen LogP contribution is -2.38. The number of carbonyl (C=O) groups excluding carboxylic acids is 1. The van der Waals surface area contributed by atoms with Crippen molar-refractivity contribution >= 4 is 21.9 Å². The molecule has 0 spiro atoms. The quantitative estimate of drug-likeness (QED) is 0.798. The second-order valence-electron chi connectivity index (χ2n) is 4.83. The predicted molar refractivity (Wildman–Crippen MR) is 74.1 cm³/mol. The van der Waals surface area contributed by atoms with Gasteiger partial charge >= 0.3 is 5.97 Å². The maximum absolute atomic E-state index is 13.8. The standard InChI is InChI=1S/C14H17BrFNO2/c1-19-14(18)11-3-2-6-17(9-11)8-10-4-5-12(15)7-13(10)16/h4-5,7,11H,2-3,6,8-9H2,1H3/t11-/m0/s1. The van der Waals surface area contributed by atoms with Gasteiger partial charge in [0.1, 0.15) is 5.82 Å². The third kappa shape index (κ3) is 3.76. The van der Waals surface area contributed by atoms with E-state index >= 15 is 0 Å². The SMILES string of the molecule is COC(=O)[C@H]1CCCN(Cc2ccc(Br)cc2F)C1. The topological polar surface area (TPSA) is 29.5 Å². The van der Waals surface area contributed by atoms with Crippen molar-refractivity contribution in [3.05, 3.63) is 34.1 Å². The minimum Gasteiger partial charge on any atom is -0.469 e. The second-order valence-corrected chi connectivity index (χ2v) is 5.75. The molecule has 3 nitrogen and oxygen atoms in total. The van der Waals surface area contributed by atoms with E-state index in [9.17, 15) is 9.18 Å². The van der Waals surface area contributed by atoms with Crippen LogP contribution < -0.4 is 0 Å². The fourth-order valence-corrected chi connectivity index (χ4v) is 2.78. The number of halogens is 2. The van der Waals surface area contributed by atoms with Gasteiger partial charge in [-0.2, -0.15) is 0 Å². The van der Waals surface area contributed by atoms with E-state index in [1.165, 1.54) is 13.2 Å². The van der Waals surface area contributed by atoms with Crippen LogP contribution in [-0.2, 0) is 16.1 Å². The molecule has 1 aliphatic heterocycles. The highest BCUT2D eigenvalue weighted by molar-refractivity contribution is 9.10. The summed E-state index contributed by atoms with van der Waals surface area (Å²) in [5.41, 5.74) is 0.661. The van der Waals surface area contributed by atoms with Crippen LogP contribution in [0.2, 0.25) is 0 Å². The molecule has 0 N–H and O–H groups in total. The van der Waals surface area contributed by atoms with E-state index in [-0.39, 0.29) is 17.7 Å². The number of hydrogen-bond donors (Lipinski definition) is 0. The summed E-state index contributed by atoms with van der Waals surface area (Å²) in [6, 6.07) is 5.08. The summed E-state index contributed by atoms with van der Waals surface area (Å²) >= 11 is 3.24. The summed E-state index contributed by atoms with van der Waals surface area (Å²) in [5, 5.41) is 0. The average Bonchev–Trinajstić information content (AvgIpc) is 2.41. The number of rotatable bonds is 3. The highest BCUT2D eigenvalue weighted by atomic mass is 79.9. The van der Waals surface area contributed by atoms with Gasteiger partial charge in [-0.3, -0.25) is 9.69 Å². The molecule has 1 aliphatic rings. The van der Waals surface area contributed by atoms with Crippen molar-refractivity contribution in [2.45, 2.75) is 19.4 Å². The van der Waals surface area contributed by atoms with E-state index in [1.807, 2.05) is 6.07 Å². The molecule has 1 atom stereocenters. The monoisotopic (exact) mass is 329 g/mol. The van der Waals surface area contributed by atoms with Crippen molar-refractivity contribution in [2.24, 2.45) is 5.92 Å². The highest BCUT2D eigenvalue weighted by Gasteiger charge is 2.26. The van der Waals surface area contributed by atoms with Gasteiger partial charge in [-0.1, -0.05) is 22.0 Å². The van der Waals surface area contributed by atoms with Crippen molar-refractivity contribution in [3.8, 4) is 0 Å². The zero-order valence-electron chi connectivity index (χ0n) is 10.9. The van der Waals surface area contributed by atoms with Crippen molar-refractivity contribution in [3.63, 3.8) is 0 Å². The summed E-state index contributed by atoms with van der Waals surface area (Å²) in [6.45, 7) is 2.07. The molecule has 104 valence electrons. The molecule has 5 heteroatoms. The van der Waals surface area contributed by atoms with E-state index in [0.717, 1.165) is 23.9 Å². The predicted octanol–water partition coefficient (Wildman–Crippen LogP) is 2.97. The Hall–Kier alpha value is -0.940. The van der Waals surface area contributed by atoms with Gasteiger partial charge in [0, 0.05) is 23.1 Å². The molecule has 0 bridgehead atoms. The number of piperidine rings is 1. The molecule has 19 heavy (non-hydrogen) atoms. The van der Waals surface area contributed by atoms with Crippen LogP contribution in [0.4, 0.5) is 4.39 Å².